The number of rotatable bonds is 3. The standard InChI is InChI=1S/C28H39N3O3/c1-28(31-23-16-12-11-15-22(23)29-25(26(31)32)27(33)34)19-24-21(28)17-18-30(24)20-13-9-7-5-3-2-4-6-8-10-14-20/h11-12,15-16,20-21,24H,2-10,13-14,17-19H2,1H3,(H,33,34)/t21?,24-,28+/m1/s1. The molecule has 1 saturated heterocycles. The summed E-state index contributed by atoms with van der Waals surface area (Å²) in [4.78, 5) is 32.1. The number of carboxylic acids is 1. The minimum absolute atomic E-state index is 0.363. The lowest BCUT2D eigenvalue weighted by molar-refractivity contribution is -0.0203. The smallest absolute Gasteiger partial charge is 0.360 e. The average molecular weight is 466 g/mol. The molecule has 1 N–H and O–H groups in total. The van der Waals surface area contributed by atoms with Crippen molar-refractivity contribution in [2.24, 2.45) is 5.92 Å². The third-order valence-electron chi connectivity index (χ3n) is 9.03. The molecule has 2 heterocycles. The molecule has 3 fully saturated rings. The summed E-state index contributed by atoms with van der Waals surface area (Å²) in [5.74, 6) is -0.871. The van der Waals surface area contributed by atoms with Crippen LogP contribution in [-0.2, 0) is 5.54 Å². The van der Waals surface area contributed by atoms with Gasteiger partial charge in [0.05, 0.1) is 16.6 Å². The zero-order chi connectivity index (χ0) is 23.7. The zero-order valence-corrected chi connectivity index (χ0v) is 20.5. The number of fused-ring (bicyclic) bond motifs is 2. The van der Waals surface area contributed by atoms with Crippen molar-refractivity contribution in [2.75, 3.05) is 6.54 Å². The molecule has 0 radical (unpaired) electrons. The molecule has 34 heavy (non-hydrogen) atoms. The van der Waals surface area contributed by atoms with Crippen molar-refractivity contribution in [1.82, 2.24) is 14.5 Å². The molecule has 3 atom stereocenters. The van der Waals surface area contributed by atoms with E-state index in [0.717, 1.165) is 24.9 Å². The maximum atomic E-state index is 13.4. The van der Waals surface area contributed by atoms with Crippen LogP contribution >= 0.6 is 0 Å². The van der Waals surface area contributed by atoms with Crippen LogP contribution in [0, 0.1) is 5.92 Å². The Kier molecular flexibility index (Phi) is 6.79. The summed E-state index contributed by atoms with van der Waals surface area (Å²) >= 11 is 0. The number of hydrogen-bond donors (Lipinski definition) is 1. The monoisotopic (exact) mass is 465 g/mol. The Morgan fingerprint density at radius 3 is 2.24 bits per heavy atom. The quantitative estimate of drug-likeness (QED) is 0.641. The minimum Gasteiger partial charge on any atom is -0.476 e. The summed E-state index contributed by atoms with van der Waals surface area (Å²) in [6.07, 6.45) is 16.9. The van der Waals surface area contributed by atoms with E-state index in [4.69, 9.17) is 0 Å². The van der Waals surface area contributed by atoms with Crippen molar-refractivity contribution < 1.29 is 9.90 Å². The first-order valence-electron chi connectivity index (χ1n) is 13.5. The highest BCUT2D eigenvalue weighted by molar-refractivity contribution is 5.88. The van der Waals surface area contributed by atoms with E-state index in [-0.39, 0.29) is 11.2 Å². The van der Waals surface area contributed by atoms with Gasteiger partial charge in [0.2, 0.25) is 5.69 Å². The Balaban J connectivity index is 1.40. The van der Waals surface area contributed by atoms with Gasteiger partial charge >= 0.3 is 5.97 Å². The van der Waals surface area contributed by atoms with Crippen LogP contribution in [0.15, 0.2) is 29.1 Å². The van der Waals surface area contributed by atoms with E-state index in [9.17, 15) is 14.7 Å². The summed E-state index contributed by atoms with van der Waals surface area (Å²) in [6, 6.07) is 8.62. The molecule has 5 rings (SSSR count). The van der Waals surface area contributed by atoms with Crippen molar-refractivity contribution in [1.29, 1.82) is 0 Å². The Bertz CT molecular complexity index is 1080. The number of benzene rings is 1. The SMILES string of the molecule is C[C@]1(n2c(=O)c(C(=O)O)nc3ccccc32)C[C@@H]2C1CCN2C1CCCCCCCCCCC1. The maximum absolute atomic E-state index is 13.4. The van der Waals surface area contributed by atoms with Crippen LogP contribution in [-0.4, -0.2) is 44.2 Å². The van der Waals surface area contributed by atoms with Crippen molar-refractivity contribution in [3.05, 3.63) is 40.3 Å². The van der Waals surface area contributed by atoms with Gasteiger partial charge in [0.25, 0.3) is 5.56 Å². The predicted octanol–water partition coefficient (Wildman–Crippen LogP) is 5.58. The fraction of sp³-hybridized carbons (Fsp3) is 0.679. The van der Waals surface area contributed by atoms with Gasteiger partial charge in [0, 0.05) is 12.1 Å². The fourth-order valence-electron chi connectivity index (χ4n) is 7.24. The van der Waals surface area contributed by atoms with Crippen LogP contribution in [0.4, 0.5) is 0 Å². The van der Waals surface area contributed by atoms with Crippen molar-refractivity contribution >= 4 is 17.0 Å². The van der Waals surface area contributed by atoms with Crippen LogP contribution in [0.1, 0.15) is 101 Å². The topological polar surface area (TPSA) is 75.4 Å². The summed E-state index contributed by atoms with van der Waals surface area (Å²) in [7, 11) is 0. The summed E-state index contributed by atoms with van der Waals surface area (Å²) in [5.41, 5.74) is 0.143. The highest BCUT2D eigenvalue weighted by Crippen LogP contribution is 2.54. The first-order valence-corrected chi connectivity index (χ1v) is 13.5. The highest BCUT2D eigenvalue weighted by Gasteiger charge is 2.58. The second-order valence-corrected chi connectivity index (χ2v) is 11.1. The number of nitrogens with zero attached hydrogens (tertiary/aromatic N) is 3. The van der Waals surface area contributed by atoms with E-state index in [1.54, 1.807) is 4.57 Å². The average Bonchev–Trinajstić information content (AvgIpc) is 3.17. The van der Waals surface area contributed by atoms with Gasteiger partial charge in [-0.3, -0.25) is 14.3 Å². The molecule has 6 heteroatoms. The molecule has 0 spiro atoms. The van der Waals surface area contributed by atoms with Crippen LogP contribution in [0.25, 0.3) is 11.0 Å². The van der Waals surface area contributed by atoms with E-state index in [1.165, 1.54) is 70.6 Å². The lowest BCUT2D eigenvalue weighted by Gasteiger charge is -2.54. The predicted molar refractivity (Wildman–Crippen MR) is 134 cm³/mol. The van der Waals surface area contributed by atoms with Gasteiger partial charge < -0.3 is 5.11 Å². The molecule has 2 aliphatic carbocycles. The second kappa shape index (κ2) is 9.80. The number of likely N-dealkylation sites (tertiary alicyclic amines) is 1. The number of aromatic carboxylic acids is 1. The van der Waals surface area contributed by atoms with Crippen LogP contribution in [0.2, 0.25) is 0 Å². The van der Waals surface area contributed by atoms with Crippen molar-refractivity contribution in [3.63, 3.8) is 0 Å². The molecule has 0 bridgehead atoms. The molecule has 2 aromatic rings. The van der Waals surface area contributed by atoms with E-state index in [1.807, 2.05) is 24.3 Å². The van der Waals surface area contributed by atoms with Gasteiger partial charge in [0.1, 0.15) is 0 Å². The molecule has 1 aliphatic heterocycles. The Labute approximate surface area is 202 Å². The highest BCUT2D eigenvalue weighted by atomic mass is 16.4. The van der Waals surface area contributed by atoms with Crippen molar-refractivity contribution in [2.45, 2.75) is 108 Å². The molecule has 1 aromatic heterocycles. The largest absolute Gasteiger partial charge is 0.476 e. The van der Waals surface area contributed by atoms with Crippen LogP contribution < -0.4 is 5.56 Å². The fourth-order valence-corrected chi connectivity index (χ4v) is 7.24. The molecule has 3 aliphatic rings. The number of para-hydroxylation sites is 2. The van der Waals surface area contributed by atoms with Crippen molar-refractivity contribution in [3.8, 4) is 0 Å². The molecule has 184 valence electrons. The van der Waals surface area contributed by atoms with Gasteiger partial charge in [-0.25, -0.2) is 9.78 Å². The lowest BCUT2D eigenvalue weighted by Crippen LogP contribution is -2.62. The molecular weight excluding hydrogens is 426 g/mol. The van der Waals surface area contributed by atoms with Gasteiger partial charge in [-0.1, -0.05) is 69.9 Å². The Morgan fingerprint density at radius 1 is 0.971 bits per heavy atom. The number of carbonyl (C=O) groups is 1. The van der Waals surface area contributed by atoms with Crippen LogP contribution in [0.3, 0.4) is 0 Å². The Hall–Kier alpha value is -2.21. The minimum atomic E-state index is -1.25. The summed E-state index contributed by atoms with van der Waals surface area (Å²) in [5, 5.41) is 9.65. The van der Waals surface area contributed by atoms with Gasteiger partial charge in [-0.05, 0) is 57.2 Å². The first kappa shape index (κ1) is 23.5. The second-order valence-electron chi connectivity index (χ2n) is 11.1. The van der Waals surface area contributed by atoms with Gasteiger partial charge in [-0.15, -0.1) is 0 Å². The maximum Gasteiger partial charge on any atom is 0.360 e. The molecule has 1 aromatic carbocycles. The third-order valence-corrected chi connectivity index (χ3v) is 9.03. The third kappa shape index (κ3) is 4.19. The molecule has 6 nitrogen and oxygen atoms in total. The van der Waals surface area contributed by atoms with E-state index >= 15 is 0 Å². The molecule has 0 amide bonds. The van der Waals surface area contributed by atoms with E-state index < -0.39 is 11.5 Å². The molecule has 2 saturated carbocycles. The molecular formula is C28H39N3O3. The molecule has 1 unspecified atom stereocenters. The van der Waals surface area contributed by atoms with E-state index in [2.05, 4.69) is 16.8 Å². The number of hydrogen-bond acceptors (Lipinski definition) is 4. The number of carboxylic acid groups (broad SMARTS) is 1. The Morgan fingerprint density at radius 2 is 1.59 bits per heavy atom. The normalized spacial score (nSPS) is 29.7. The zero-order valence-electron chi connectivity index (χ0n) is 20.5. The number of aromatic nitrogens is 2. The summed E-state index contributed by atoms with van der Waals surface area (Å²) in [6.45, 7) is 3.26. The lowest BCUT2D eigenvalue weighted by atomic mass is 9.63. The van der Waals surface area contributed by atoms with Gasteiger partial charge in [0.15, 0.2) is 0 Å². The summed E-state index contributed by atoms with van der Waals surface area (Å²) < 4.78 is 1.78. The van der Waals surface area contributed by atoms with E-state index in [0.29, 0.717) is 23.5 Å². The first-order chi connectivity index (χ1) is 16.5. The van der Waals surface area contributed by atoms with Crippen LogP contribution in [0.5, 0.6) is 0 Å². The van der Waals surface area contributed by atoms with Gasteiger partial charge in [-0.2, -0.15) is 0 Å².